The average Bonchev–Trinajstić information content (AvgIpc) is 2.25. The Morgan fingerprint density at radius 1 is 1.29 bits per heavy atom. The molecule has 0 aromatic rings. The Morgan fingerprint density at radius 2 is 2.00 bits per heavy atom. The highest BCUT2D eigenvalue weighted by atomic mass is 16.5. The van der Waals surface area contributed by atoms with Crippen molar-refractivity contribution in [2.75, 3.05) is 46.9 Å². The third-order valence-corrected chi connectivity index (χ3v) is 3.05. The third kappa shape index (κ3) is 4.94. The minimum absolute atomic E-state index is 0.850. The summed E-state index contributed by atoms with van der Waals surface area (Å²) in [7, 11) is 3.95. The summed E-state index contributed by atoms with van der Waals surface area (Å²) < 4.78 is 5.05. The second-order valence-electron chi connectivity index (χ2n) is 4.28. The lowest BCUT2D eigenvalue weighted by atomic mass is 9.94. The van der Waals surface area contributed by atoms with Gasteiger partial charge in [0.1, 0.15) is 0 Å². The van der Waals surface area contributed by atoms with Crippen LogP contribution in [-0.2, 0) is 4.74 Å². The number of hydrogen-bond acceptors (Lipinski definition) is 3. The Balaban J connectivity index is 2.00. The molecule has 0 unspecified atom stereocenters. The van der Waals surface area contributed by atoms with Crippen molar-refractivity contribution in [3.63, 3.8) is 0 Å². The molecule has 0 aliphatic carbocycles. The zero-order valence-electron chi connectivity index (χ0n) is 9.59. The Morgan fingerprint density at radius 3 is 2.64 bits per heavy atom. The Bertz CT molecular complexity index is 135. The standard InChI is InChI=1S/C11H24N2O/c1-13(9-10-14-2)8-5-11-3-6-12-7-4-11/h11-12H,3-10H2,1-2H3. The van der Waals surface area contributed by atoms with Gasteiger partial charge in [-0.1, -0.05) is 0 Å². The molecule has 0 spiro atoms. The molecular formula is C11H24N2O. The summed E-state index contributed by atoms with van der Waals surface area (Å²) >= 11 is 0. The summed E-state index contributed by atoms with van der Waals surface area (Å²) in [6.07, 6.45) is 4.07. The van der Waals surface area contributed by atoms with Gasteiger partial charge in [-0.15, -0.1) is 0 Å². The molecule has 14 heavy (non-hydrogen) atoms. The average molecular weight is 200 g/mol. The maximum atomic E-state index is 5.05. The minimum Gasteiger partial charge on any atom is -0.383 e. The summed E-state index contributed by atoms with van der Waals surface area (Å²) in [6, 6.07) is 0. The lowest BCUT2D eigenvalue weighted by molar-refractivity contribution is 0.156. The van der Waals surface area contributed by atoms with Gasteiger partial charge in [0.25, 0.3) is 0 Å². The van der Waals surface area contributed by atoms with Gasteiger partial charge in [-0.05, 0) is 51.9 Å². The van der Waals surface area contributed by atoms with E-state index in [1.165, 1.54) is 38.9 Å². The van der Waals surface area contributed by atoms with Crippen LogP contribution in [0.4, 0.5) is 0 Å². The fourth-order valence-corrected chi connectivity index (χ4v) is 1.93. The van der Waals surface area contributed by atoms with E-state index >= 15 is 0 Å². The molecular weight excluding hydrogens is 176 g/mol. The fraction of sp³-hybridized carbons (Fsp3) is 1.00. The van der Waals surface area contributed by atoms with Crippen molar-refractivity contribution in [3.8, 4) is 0 Å². The van der Waals surface area contributed by atoms with Gasteiger partial charge in [0.15, 0.2) is 0 Å². The molecule has 0 aromatic heterocycles. The largest absolute Gasteiger partial charge is 0.383 e. The highest BCUT2D eigenvalue weighted by molar-refractivity contribution is 4.69. The first kappa shape index (κ1) is 12.0. The molecule has 1 aliphatic rings. The first-order valence-corrected chi connectivity index (χ1v) is 5.71. The molecule has 0 saturated carbocycles. The topological polar surface area (TPSA) is 24.5 Å². The molecule has 1 heterocycles. The molecule has 1 aliphatic heterocycles. The van der Waals surface area contributed by atoms with Crippen molar-refractivity contribution in [2.24, 2.45) is 5.92 Å². The smallest absolute Gasteiger partial charge is 0.0589 e. The van der Waals surface area contributed by atoms with Gasteiger partial charge >= 0.3 is 0 Å². The Labute approximate surface area is 87.8 Å². The van der Waals surface area contributed by atoms with E-state index in [-0.39, 0.29) is 0 Å². The first-order chi connectivity index (χ1) is 6.83. The molecule has 1 rings (SSSR count). The Kier molecular flexibility index (Phi) is 6.15. The van der Waals surface area contributed by atoms with Gasteiger partial charge < -0.3 is 15.0 Å². The van der Waals surface area contributed by atoms with Crippen molar-refractivity contribution in [1.29, 1.82) is 0 Å². The van der Waals surface area contributed by atoms with Crippen molar-refractivity contribution in [1.82, 2.24) is 10.2 Å². The zero-order chi connectivity index (χ0) is 10.2. The van der Waals surface area contributed by atoms with Crippen LogP contribution in [0.25, 0.3) is 0 Å². The fourth-order valence-electron chi connectivity index (χ4n) is 1.93. The SMILES string of the molecule is COCCN(C)CCC1CCNCC1. The van der Waals surface area contributed by atoms with Crippen LogP contribution >= 0.6 is 0 Å². The molecule has 1 N–H and O–H groups in total. The van der Waals surface area contributed by atoms with Crippen LogP contribution < -0.4 is 5.32 Å². The lowest BCUT2D eigenvalue weighted by Crippen LogP contribution is -2.31. The Hall–Kier alpha value is -0.120. The molecule has 84 valence electrons. The maximum Gasteiger partial charge on any atom is 0.0589 e. The van der Waals surface area contributed by atoms with Gasteiger partial charge in [0, 0.05) is 13.7 Å². The quantitative estimate of drug-likeness (QED) is 0.691. The second-order valence-corrected chi connectivity index (χ2v) is 4.28. The number of nitrogens with zero attached hydrogens (tertiary/aromatic N) is 1. The van der Waals surface area contributed by atoms with Crippen molar-refractivity contribution >= 4 is 0 Å². The summed E-state index contributed by atoms with van der Waals surface area (Å²) in [5, 5.41) is 3.40. The van der Waals surface area contributed by atoms with Crippen LogP contribution in [0.15, 0.2) is 0 Å². The molecule has 1 saturated heterocycles. The summed E-state index contributed by atoms with van der Waals surface area (Å²) in [5.41, 5.74) is 0. The summed E-state index contributed by atoms with van der Waals surface area (Å²) in [4.78, 5) is 2.37. The third-order valence-electron chi connectivity index (χ3n) is 3.05. The van der Waals surface area contributed by atoms with Crippen LogP contribution in [0.2, 0.25) is 0 Å². The predicted molar refractivity (Wildman–Crippen MR) is 59.6 cm³/mol. The summed E-state index contributed by atoms with van der Waals surface area (Å²) in [5.74, 6) is 0.946. The molecule has 3 heteroatoms. The van der Waals surface area contributed by atoms with E-state index in [1.54, 1.807) is 7.11 Å². The van der Waals surface area contributed by atoms with Gasteiger partial charge in [0.2, 0.25) is 0 Å². The molecule has 0 bridgehead atoms. The van der Waals surface area contributed by atoms with E-state index in [2.05, 4.69) is 17.3 Å². The molecule has 0 atom stereocenters. The molecule has 1 fully saturated rings. The minimum atomic E-state index is 0.850. The highest BCUT2D eigenvalue weighted by Crippen LogP contribution is 2.15. The van der Waals surface area contributed by atoms with Crippen molar-refractivity contribution < 1.29 is 4.74 Å². The van der Waals surface area contributed by atoms with Crippen molar-refractivity contribution in [3.05, 3.63) is 0 Å². The van der Waals surface area contributed by atoms with Crippen molar-refractivity contribution in [2.45, 2.75) is 19.3 Å². The number of ether oxygens (including phenoxy) is 1. The zero-order valence-corrected chi connectivity index (χ0v) is 9.59. The van der Waals surface area contributed by atoms with Crippen LogP contribution in [0, 0.1) is 5.92 Å². The molecule has 0 radical (unpaired) electrons. The van der Waals surface area contributed by atoms with Crippen LogP contribution in [0.5, 0.6) is 0 Å². The van der Waals surface area contributed by atoms with Gasteiger partial charge in [0.05, 0.1) is 6.61 Å². The van der Waals surface area contributed by atoms with Crippen LogP contribution in [-0.4, -0.2) is 51.8 Å². The van der Waals surface area contributed by atoms with Gasteiger partial charge in [-0.25, -0.2) is 0 Å². The van der Waals surface area contributed by atoms with Gasteiger partial charge in [-0.2, -0.15) is 0 Å². The highest BCUT2D eigenvalue weighted by Gasteiger charge is 2.13. The predicted octanol–water partition coefficient (Wildman–Crippen LogP) is 0.954. The van der Waals surface area contributed by atoms with Crippen LogP contribution in [0.3, 0.4) is 0 Å². The lowest BCUT2D eigenvalue weighted by Gasteiger charge is -2.25. The second kappa shape index (κ2) is 7.21. The normalized spacial score (nSPS) is 19.1. The van der Waals surface area contributed by atoms with E-state index in [0.29, 0.717) is 0 Å². The van der Waals surface area contributed by atoms with E-state index < -0.39 is 0 Å². The van der Waals surface area contributed by atoms with Crippen LogP contribution in [0.1, 0.15) is 19.3 Å². The number of hydrogen-bond donors (Lipinski definition) is 1. The molecule has 0 amide bonds. The van der Waals surface area contributed by atoms with E-state index in [9.17, 15) is 0 Å². The maximum absolute atomic E-state index is 5.05. The van der Waals surface area contributed by atoms with E-state index in [1.807, 2.05) is 0 Å². The monoisotopic (exact) mass is 200 g/mol. The van der Waals surface area contributed by atoms with Gasteiger partial charge in [-0.3, -0.25) is 0 Å². The number of nitrogens with one attached hydrogen (secondary N) is 1. The molecule has 0 aromatic carbocycles. The number of rotatable bonds is 6. The summed E-state index contributed by atoms with van der Waals surface area (Å²) in [6.45, 7) is 5.55. The first-order valence-electron chi connectivity index (χ1n) is 5.71. The van der Waals surface area contributed by atoms with E-state index in [0.717, 1.165) is 19.1 Å². The number of methoxy groups -OCH3 is 1. The molecule has 3 nitrogen and oxygen atoms in total. The van der Waals surface area contributed by atoms with E-state index in [4.69, 9.17) is 4.74 Å². The number of likely N-dealkylation sites (N-methyl/N-ethyl adjacent to an activating group) is 1. The number of piperidine rings is 1.